The molecule has 4 heterocycles. The Labute approximate surface area is 199 Å². The first-order chi connectivity index (χ1) is 16.8. The van der Waals surface area contributed by atoms with Crippen LogP contribution in [-0.4, -0.2) is 80.6 Å². The number of primary amides is 1. The average molecular weight is 488 g/mol. The summed E-state index contributed by atoms with van der Waals surface area (Å²) >= 11 is 0. The summed E-state index contributed by atoms with van der Waals surface area (Å²) in [5.74, 6) is -0.197. The van der Waals surface area contributed by atoms with Crippen molar-refractivity contribution in [2.45, 2.75) is 31.9 Å². The molecular weight excluding hydrogens is 462 g/mol. The lowest BCUT2D eigenvalue weighted by Crippen LogP contribution is -2.47. The summed E-state index contributed by atoms with van der Waals surface area (Å²) < 4.78 is 32.6. The first-order valence-electron chi connectivity index (χ1n) is 11.1. The van der Waals surface area contributed by atoms with Crippen LogP contribution < -0.4 is 10.6 Å². The Balaban J connectivity index is 1.22. The first kappa shape index (κ1) is 24.4. The quantitative estimate of drug-likeness (QED) is 0.447. The van der Waals surface area contributed by atoms with E-state index >= 15 is 0 Å². The maximum atomic E-state index is 12.7. The third kappa shape index (κ3) is 5.67. The Bertz CT molecular complexity index is 1180. The number of hydrogen-bond acceptors (Lipinski definition) is 8. The molecule has 0 spiro atoms. The number of rotatable bonds is 9. The van der Waals surface area contributed by atoms with Crippen LogP contribution in [-0.2, 0) is 16.1 Å². The van der Waals surface area contributed by atoms with Crippen molar-refractivity contribution in [2.24, 2.45) is 5.73 Å². The van der Waals surface area contributed by atoms with Gasteiger partial charge in [-0.1, -0.05) is 0 Å². The Hall–Kier alpha value is -3.74. The Morgan fingerprint density at radius 1 is 1.20 bits per heavy atom. The number of halogens is 2. The molecule has 0 radical (unpaired) electrons. The fourth-order valence-corrected chi connectivity index (χ4v) is 3.96. The minimum atomic E-state index is -2.64. The van der Waals surface area contributed by atoms with Crippen molar-refractivity contribution in [3.63, 3.8) is 0 Å². The molecule has 4 rings (SSSR count). The molecule has 11 nitrogen and oxygen atoms in total. The molecular formula is C22H26F2N8O3. The number of anilines is 1. The molecule has 1 aliphatic rings. The Kier molecular flexibility index (Phi) is 7.44. The number of likely N-dealkylation sites (N-methyl/N-ethyl adjacent to an activating group) is 1. The van der Waals surface area contributed by atoms with E-state index in [0.29, 0.717) is 36.6 Å². The second-order valence-electron chi connectivity index (χ2n) is 8.22. The molecule has 35 heavy (non-hydrogen) atoms. The van der Waals surface area contributed by atoms with E-state index < -0.39 is 12.3 Å². The Morgan fingerprint density at radius 3 is 2.63 bits per heavy atom. The van der Waals surface area contributed by atoms with Crippen LogP contribution in [0.1, 0.15) is 35.4 Å². The number of fused-ring (bicyclic) bond motifs is 1. The molecule has 0 bridgehead atoms. The van der Waals surface area contributed by atoms with E-state index in [4.69, 9.17) is 10.5 Å². The highest BCUT2D eigenvalue weighted by atomic mass is 19.3. The number of carbonyl (C=O) groups is 2. The lowest BCUT2D eigenvalue weighted by atomic mass is 10.0. The maximum Gasteiger partial charge on any atom is 0.281 e. The van der Waals surface area contributed by atoms with Crippen LogP contribution in [0.15, 0.2) is 30.9 Å². The number of pyridine rings is 1. The van der Waals surface area contributed by atoms with Crippen LogP contribution in [0.3, 0.4) is 0 Å². The van der Waals surface area contributed by atoms with E-state index in [9.17, 15) is 18.4 Å². The average Bonchev–Trinajstić information content (AvgIpc) is 3.28. The molecule has 0 unspecified atom stereocenters. The minimum Gasteiger partial charge on any atom is -0.370 e. The summed E-state index contributed by atoms with van der Waals surface area (Å²) in [6.45, 7) is 1.88. The highest BCUT2D eigenvalue weighted by Gasteiger charge is 2.26. The summed E-state index contributed by atoms with van der Waals surface area (Å²) in [5, 5.41) is 0. The molecule has 1 fully saturated rings. The summed E-state index contributed by atoms with van der Waals surface area (Å²) in [4.78, 5) is 43.9. The van der Waals surface area contributed by atoms with E-state index in [-0.39, 0.29) is 36.6 Å². The van der Waals surface area contributed by atoms with Crippen molar-refractivity contribution in [3.8, 4) is 0 Å². The van der Waals surface area contributed by atoms with Gasteiger partial charge in [-0.15, -0.1) is 0 Å². The van der Waals surface area contributed by atoms with Gasteiger partial charge in [-0.25, -0.2) is 28.7 Å². The smallest absolute Gasteiger partial charge is 0.281 e. The van der Waals surface area contributed by atoms with Crippen molar-refractivity contribution in [1.82, 2.24) is 29.4 Å². The predicted octanol–water partition coefficient (Wildman–Crippen LogP) is 1.40. The van der Waals surface area contributed by atoms with E-state index in [0.717, 1.165) is 19.0 Å². The topological polar surface area (TPSA) is 132 Å². The van der Waals surface area contributed by atoms with Gasteiger partial charge in [0.2, 0.25) is 5.91 Å². The molecule has 0 saturated carbocycles. The molecule has 2 amide bonds. The van der Waals surface area contributed by atoms with E-state index in [1.165, 1.54) is 12.3 Å². The SMILES string of the molecule is CN(C(=O)COCCn1cnc2ccc(C(N)=O)nc21)C1CCN(c2cnc(C(F)F)cn2)CC1. The third-order valence-electron chi connectivity index (χ3n) is 6.03. The number of carbonyl (C=O) groups excluding carboxylic acids is 2. The molecule has 13 heteroatoms. The minimum absolute atomic E-state index is 0.0460. The molecule has 0 atom stereocenters. The van der Waals surface area contributed by atoms with Gasteiger partial charge in [0.05, 0.1) is 25.3 Å². The van der Waals surface area contributed by atoms with Gasteiger partial charge >= 0.3 is 0 Å². The van der Waals surface area contributed by atoms with Gasteiger partial charge < -0.3 is 24.8 Å². The van der Waals surface area contributed by atoms with Gasteiger partial charge in [-0.3, -0.25) is 9.59 Å². The number of piperidine rings is 1. The zero-order chi connectivity index (χ0) is 24.9. The lowest BCUT2D eigenvalue weighted by molar-refractivity contribution is -0.137. The number of aromatic nitrogens is 5. The maximum absolute atomic E-state index is 12.7. The Morgan fingerprint density at radius 2 is 1.97 bits per heavy atom. The van der Waals surface area contributed by atoms with Crippen LogP contribution in [0, 0.1) is 0 Å². The summed E-state index contributed by atoms with van der Waals surface area (Å²) in [5.41, 5.74) is 6.25. The van der Waals surface area contributed by atoms with Crippen molar-refractivity contribution in [1.29, 1.82) is 0 Å². The van der Waals surface area contributed by atoms with Crippen LogP contribution in [0.25, 0.3) is 11.2 Å². The molecule has 2 N–H and O–H groups in total. The van der Waals surface area contributed by atoms with E-state index in [1.54, 1.807) is 28.9 Å². The van der Waals surface area contributed by atoms with Crippen molar-refractivity contribution in [2.75, 3.05) is 38.3 Å². The summed E-state index contributed by atoms with van der Waals surface area (Å²) in [7, 11) is 1.75. The predicted molar refractivity (Wildman–Crippen MR) is 122 cm³/mol. The van der Waals surface area contributed by atoms with Gasteiger partial charge in [-0.05, 0) is 25.0 Å². The highest BCUT2D eigenvalue weighted by Crippen LogP contribution is 2.22. The second-order valence-corrected chi connectivity index (χ2v) is 8.22. The number of alkyl halides is 2. The van der Waals surface area contributed by atoms with Gasteiger partial charge in [0, 0.05) is 32.7 Å². The molecule has 0 aliphatic carbocycles. The summed E-state index contributed by atoms with van der Waals surface area (Å²) in [6.07, 6.45) is 2.84. The van der Waals surface area contributed by atoms with Crippen molar-refractivity contribution >= 4 is 28.8 Å². The van der Waals surface area contributed by atoms with Crippen LogP contribution in [0.4, 0.5) is 14.6 Å². The van der Waals surface area contributed by atoms with Crippen molar-refractivity contribution in [3.05, 3.63) is 42.2 Å². The fourth-order valence-electron chi connectivity index (χ4n) is 3.96. The molecule has 1 aliphatic heterocycles. The number of amides is 2. The highest BCUT2D eigenvalue weighted by molar-refractivity contribution is 5.92. The second kappa shape index (κ2) is 10.7. The van der Waals surface area contributed by atoms with Gasteiger partial charge in [0.15, 0.2) is 5.65 Å². The summed E-state index contributed by atoms with van der Waals surface area (Å²) in [6, 6.07) is 3.24. The molecule has 186 valence electrons. The third-order valence-corrected chi connectivity index (χ3v) is 6.03. The lowest BCUT2D eigenvalue weighted by Gasteiger charge is -2.37. The van der Waals surface area contributed by atoms with Crippen molar-refractivity contribution < 1.29 is 23.1 Å². The number of nitrogens with zero attached hydrogens (tertiary/aromatic N) is 7. The first-order valence-corrected chi connectivity index (χ1v) is 11.1. The zero-order valence-corrected chi connectivity index (χ0v) is 19.2. The van der Waals surface area contributed by atoms with Crippen LogP contribution >= 0.6 is 0 Å². The van der Waals surface area contributed by atoms with E-state index in [1.807, 2.05) is 4.90 Å². The van der Waals surface area contributed by atoms with Crippen LogP contribution in [0.5, 0.6) is 0 Å². The van der Waals surface area contributed by atoms with Gasteiger partial charge in [0.25, 0.3) is 12.3 Å². The fraction of sp³-hybridized carbons (Fsp3) is 0.455. The largest absolute Gasteiger partial charge is 0.370 e. The monoisotopic (exact) mass is 488 g/mol. The van der Waals surface area contributed by atoms with E-state index in [2.05, 4.69) is 19.9 Å². The molecule has 3 aromatic heterocycles. The standard InChI is InChI=1S/C22H26F2N8O3/c1-30(14-4-6-31(7-5-14)18-11-26-17(10-27-18)20(23)24)19(33)12-35-9-8-32-13-28-16-3-2-15(21(25)34)29-22(16)32/h2-3,10-11,13-14,20H,4-9,12H2,1H3,(H2,25,34). The van der Waals surface area contributed by atoms with Gasteiger partial charge in [-0.2, -0.15) is 0 Å². The number of hydrogen-bond donors (Lipinski definition) is 1. The molecule has 1 saturated heterocycles. The van der Waals surface area contributed by atoms with Crippen LogP contribution in [0.2, 0.25) is 0 Å². The number of nitrogens with two attached hydrogens (primary N) is 1. The normalized spacial score (nSPS) is 14.6. The number of ether oxygens (including phenoxy) is 1. The zero-order valence-electron chi connectivity index (χ0n) is 19.2. The van der Waals surface area contributed by atoms with Gasteiger partial charge in [0.1, 0.15) is 29.3 Å². The number of imidazole rings is 1. The molecule has 0 aromatic carbocycles. The molecule has 3 aromatic rings.